The molecule has 1 aromatic heterocycles. The minimum absolute atomic E-state index is 0.138. The fourth-order valence-corrected chi connectivity index (χ4v) is 4.43. The average Bonchev–Trinajstić information content (AvgIpc) is 3.14. The van der Waals surface area contributed by atoms with Crippen LogP contribution in [0.2, 0.25) is 0 Å². The second-order valence-electron chi connectivity index (χ2n) is 7.03. The summed E-state index contributed by atoms with van der Waals surface area (Å²) < 4.78 is 13.6. The first-order valence-electron chi connectivity index (χ1n) is 8.28. The molecule has 4 nitrogen and oxygen atoms in total. The number of benzene rings is 1. The number of nitrogens with one attached hydrogen (secondary N) is 1. The predicted octanol–water partition coefficient (Wildman–Crippen LogP) is 2.59. The summed E-state index contributed by atoms with van der Waals surface area (Å²) in [5.74, 6) is 1.09. The minimum atomic E-state index is -0.138. The molecule has 122 valence electrons. The lowest BCUT2D eigenvalue weighted by Gasteiger charge is -2.26. The van der Waals surface area contributed by atoms with E-state index in [1.54, 1.807) is 12.4 Å². The monoisotopic (exact) mass is 314 g/mol. The van der Waals surface area contributed by atoms with Crippen LogP contribution in [0.25, 0.3) is 0 Å². The van der Waals surface area contributed by atoms with Gasteiger partial charge in [0.25, 0.3) is 0 Å². The Morgan fingerprint density at radius 1 is 1.30 bits per heavy atom. The van der Waals surface area contributed by atoms with E-state index >= 15 is 0 Å². The lowest BCUT2D eigenvalue weighted by molar-refractivity contribution is 0.223. The molecule has 23 heavy (non-hydrogen) atoms. The van der Waals surface area contributed by atoms with E-state index in [1.165, 1.54) is 6.07 Å². The van der Waals surface area contributed by atoms with E-state index in [4.69, 9.17) is 0 Å². The number of rotatable bonds is 3. The van der Waals surface area contributed by atoms with Crippen LogP contribution in [0.5, 0.6) is 0 Å². The van der Waals surface area contributed by atoms with E-state index in [0.29, 0.717) is 17.9 Å². The van der Waals surface area contributed by atoms with E-state index in [-0.39, 0.29) is 5.82 Å². The zero-order valence-electron chi connectivity index (χ0n) is 13.7. The molecular formula is C18H23FN4. The first-order valence-corrected chi connectivity index (χ1v) is 8.28. The maximum atomic E-state index is 13.6. The first-order chi connectivity index (χ1) is 11.1. The molecule has 0 aliphatic carbocycles. The van der Waals surface area contributed by atoms with Crippen LogP contribution in [0.4, 0.5) is 4.39 Å². The molecule has 1 N–H and O–H groups in total. The molecule has 2 aliphatic rings. The fourth-order valence-electron chi connectivity index (χ4n) is 4.43. The summed E-state index contributed by atoms with van der Waals surface area (Å²) >= 11 is 0. The Labute approximate surface area is 136 Å². The third-order valence-electron chi connectivity index (χ3n) is 5.47. The van der Waals surface area contributed by atoms with Gasteiger partial charge in [0.2, 0.25) is 0 Å². The third kappa shape index (κ3) is 2.68. The highest BCUT2D eigenvalue weighted by molar-refractivity contribution is 5.24. The van der Waals surface area contributed by atoms with E-state index in [2.05, 4.69) is 39.8 Å². The topological polar surface area (TPSA) is 35.2 Å². The van der Waals surface area contributed by atoms with Gasteiger partial charge in [-0.05, 0) is 43.5 Å². The van der Waals surface area contributed by atoms with E-state index in [9.17, 15) is 4.39 Å². The number of aromatic amines is 1. The summed E-state index contributed by atoms with van der Waals surface area (Å²) in [6.07, 6.45) is 1.77. The number of halogens is 1. The van der Waals surface area contributed by atoms with Crippen molar-refractivity contribution in [3.63, 3.8) is 0 Å². The molecular weight excluding hydrogens is 291 g/mol. The minimum Gasteiger partial charge on any atom is -0.348 e. The highest BCUT2D eigenvalue weighted by Crippen LogP contribution is 2.44. The van der Waals surface area contributed by atoms with Crippen molar-refractivity contribution < 1.29 is 4.39 Å². The zero-order chi connectivity index (χ0) is 16.0. The molecule has 1 aromatic carbocycles. The van der Waals surface area contributed by atoms with Gasteiger partial charge in [-0.1, -0.05) is 12.1 Å². The first kappa shape index (κ1) is 14.8. The van der Waals surface area contributed by atoms with Crippen molar-refractivity contribution in [3.05, 3.63) is 53.4 Å². The molecule has 0 amide bonds. The molecule has 2 fully saturated rings. The normalized spacial score (nSPS) is 28.4. The van der Waals surface area contributed by atoms with Crippen molar-refractivity contribution in [1.29, 1.82) is 0 Å². The van der Waals surface area contributed by atoms with Gasteiger partial charge in [-0.3, -0.25) is 9.80 Å². The van der Waals surface area contributed by atoms with Crippen molar-refractivity contribution in [3.8, 4) is 0 Å². The predicted molar refractivity (Wildman–Crippen MR) is 87.4 cm³/mol. The Kier molecular flexibility index (Phi) is 3.70. The van der Waals surface area contributed by atoms with Crippen LogP contribution < -0.4 is 0 Å². The number of H-pyrrole nitrogens is 1. The van der Waals surface area contributed by atoms with Gasteiger partial charge >= 0.3 is 0 Å². The number of hydrogen-bond donors (Lipinski definition) is 1. The molecule has 0 unspecified atom stereocenters. The Bertz CT molecular complexity index is 698. The number of fused-ring (bicyclic) bond motifs is 1. The van der Waals surface area contributed by atoms with E-state index in [1.807, 2.05) is 6.07 Å². The summed E-state index contributed by atoms with van der Waals surface area (Å²) in [5.41, 5.74) is 3.40. The number of likely N-dealkylation sites (tertiary alicyclic amines) is 2. The van der Waals surface area contributed by atoms with Crippen LogP contribution in [-0.4, -0.2) is 46.4 Å². The van der Waals surface area contributed by atoms with Crippen LogP contribution >= 0.6 is 0 Å². The molecule has 4 rings (SSSR count). The quantitative estimate of drug-likeness (QED) is 0.946. The Morgan fingerprint density at radius 3 is 2.91 bits per heavy atom. The highest BCUT2D eigenvalue weighted by Gasteiger charge is 2.46. The van der Waals surface area contributed by atoms with Gasteiger partial charge in [0.1, 0.15) is 5.82 Å². The van der Waals surface area contributed by atoms with E-state index in [0.717, 1.165) is 43.1 Å². The van der Waals surface area contributed by atoms with Gasteiger partial charge in [0.15, 0.2) is 0 Å². The van der Waals surface area contributed by atoms with Gasteiger partial charge in [0, 0.05) is 37.9 Å². The zero-order valence-corrected chi connectivity index (χ0v) is 13.7. The second-order valence-corrected chi connectivity index (χ2v) is 7.03. The summed E-state index contributed by atoms with van der Waals surface area (Å²) in [6, 6.07) is 7.43. The van der Waals surface area contributed by atoms with Crippen LogP contribution in [0.1, 0.15) is 23.0 Å². The summed E-state index contributed by atoms with van der Waals surface area (Å²) in [4.78, 5) is 12.5. The molecule has 0 bridgehead atoms. The van der Waals surface area contributed by atoms with Gasteiger partial charge in [-0.2, -0.15) is 0 Å². The van der Waals surface area contributed by atoms with E-state index < -0.39 is 0 Å². The van der Waals surface area contributed by atoms with Crippen molar-refractivity contribution >= 4 is 0 Å². The van der Waals surface area contributed by atoms with Gasteiger partial charge < -0.3 is 4.98 Å². The maximum Gasteiger partial charge on any atom is 0.123 e. The molecule has 3 atom stereocenters. The van der Waals surface area contributed by atoms with Gasteiger partial charge in [-0.25, -0.2) is 9.37 Å². The Balaban J connectivity index is 1.52. The van der Waals surface area contributed by atoms with Crippen LogP contribution in [0, 0.1) is 24.6 Å². The van der Waals surface area contributed by atoms with Gasteiger partial charge in [-0.15, -0.1) is 0 Å². The standard InChI is InChI=1S/C18H23FN4/c1-12-17(21-11-20-12)10-23-8-14-7-22(2)18(16(14)9-23)13-4-3-5-15(19)6-13/h3-6,11,14,16,18H,7-10H2,1-2H3,(H,20,21)/t14-,16+,18-/m0/s1. The Hall–Kier alpha value is -1.72. The molecule has 2 aromatic rings. The summed E-state index contributed by atoms with van der Waals surface area (Å²) in [7, 11) is 2.16. The number of imidazole rings is 1. The molecule has 2 aliphatic heterocycles. The maximum absolute atomic E-state index is 13.6. The van der Waals surface area contributed by atoms with Crippen molar-refractivity contribution in [2.24, 2.45) is 11.8 Å². The number of nitrogens with zero attached hydrogens (tertiary/aromatic N) is 3. The van der Waals surface area contributed by atoms with Crippen LogP contribution in [0.3, 0.4) is 0 Å². The molecule has 0 spiro atoms. The number of aryl methyl sites for hydroxylation is 1. The molecule has 3 heterocycles. The third-order valence-corrected chi connectivity index (χ3v) is 5.47. The van der Waals surface area contributed by atoms with Crippen molar-refractivity contribution in [2.75, 3.05) is 26.7 Å². The lowest BCUT2D eigenvalue weighted by atomic mass is 9.89. The molecule has 5 heteroatoms. The second kappa shape index (κ2) is 5.73. The van der Waals surface area contributed by atoms with Gasteiger partial charge in [0.05, 0.1) is 12.0 Å². The smallest absolute Gasteiger partial charge is 0.123 e. The lowest BCUT2D eigenvalue weighted by Crippen LogP contribution is -2.29. The van der Waals surface area contributed by atoms with Crippen molar-refractivity contribution in [2.45, 2.75) is 19.5 Å². The highest BCUT2D eigenvalue weighted by atomic mass is 19.1. The van der Waals surface area contributed by atoms with Crippen LogP contribution in [-0.2, 0) is 6.54 Å². The average molecular weight is 314 g/mol. The SMILES string of the molecule is Cc1[nH]cnc1CN1C[C@@H]2CN(C)[C@@H](c3cccc(F)c3)[C@@H]2C1. The largest absolute Gasteiger partial charge is 0.348 e. The summed E-state index contributed by atoms with van der Waals surface area (Å²) in [5, 5.41) is 0. The fraction of sp³-hybridized carbons (Fsp3) is 0.500. The number of hydrogen-bond acceptors (Lipinski definition) is 3. The molecule has 2 saturated heterocycles. The summed E-state index contributed by atoms with van der Waals surface area (Å²) in [6.45, 7) is 6.22. The van der Waals surface area contributed by atoms with Crippen molar-refractivity contribution in [1.82, 2.24) is 19.8 Å². The molecule has 0 saturated carbocycles. The number of aromatic nitrogens is 2. The van der Waals surface area contributed by atoms with Crippen LogP contribution in [0.15, 0.2) is 30.6 Å². The Morgan fingerprint density at radius 2 is 2.17 bits per heavy atom. The molecule has 0 radical (unpaired) electrons.